The molecule has 0 spiro atoms. The van der Waals surface area contributed by atoms with Gasteiger partial charge in [0.15, 0.2) is 0 Å². The van der Waals surface area contributed by atoms with E-state index in [1.165, 1.54) is 7.11 Å². The summed E-state index contributed by atoms with van der Waals surface area (Å²) in [5, 5.41) is 3.48. The van der Waals surface area contributed by atoms with E-state index < -0.39 is 12.0 Å². The summed E-state index contributed by atoms with van der Waals surface area (Å²) in [6.07, 6.45) is 0.0413. The molecular weight excluding hydrogens is 340 g/mol. The molecule has 1 N–H and O–H groups in total. The highest BCUT2D eigenvalue weighted by Gasteiger charge is 2.19. The van der Waals surface area contributed by atoms with Crippen LogP contribution >= 0.6 is 11.6 Å². The van der Waals surface area contributed by atoms with Crippen LogP contribution in [0.3, 0.4) is 0 Å². The quantitative estimate of drug-likeness (QED) is 0.802. The van der Waals surface area contributed by atoms with Crippen molar-refractivity contribution in [2.24, 2.45) is 0 Å². The molecule has 0 aliphatic heterocycles. The molecule has 1 amide bonds. The molecular formula is C19H21ClN2O3. The molecule has 0 heterocycles. The summed E-state index contributed by atoms with van der Waals surface area (Å²) in [5.41, 5.74) is 2.31. The van der Waals surface area contributed by atoms with E-state index in [4.69, 9.17) is 16.3 Å². The number of hydrogen-bond acceptors (Lipinski definition) is 4. The molecule has 0 aromatic heterocycles. The number of carbonyl (C=O) groups excluding carboxylic acids is 2. The fourth-order valence-corrected chi connectivity index (χ4v) is 2.48. The highest BCUT2D eigenvalue weighted by Crippen LogP contribution is 2.21. The van der Waals surface area contributed by atoms with Crippen LogP contribution in [-0.4, -0.2) is 33.1 Å². The number of nitrogens with zero attached hydrogens (tertiary/aromatic N) is 1. The minimum absolute atomic E-state index is 0.0413. The fraction of sp³-hybridized carbons (Fsp3) is 0.263. The van der Waals surface area contributed by atoms with Crippen molar-refractivity contribution in [1.82, 2.24) is 5.32 Å². The Morgan fingerprint density at radius 3 is 2.20 bits per heavy atom. The van der Waals surface area contributed by atoms with Crippen LogP contribution in [0, 0.1) is 0 Å². The summed E-state index contributed by atoms with van der Waals surface area (Å²) in [5.74, 6) is -0.655. The number of ether oxygens (including phenoxy) is 1. The van der Waals surface area contributed by atoms with Gasteiger partial charge in [0, 0.05) is 30.4 Å². The summed E-state index contributed by atoms with van der Waals surface area (Å²) < 4.78 is 4.73. The van der Waals surface area contributed by atoms with E-state index in [2.05, 4.69) is 5.32 Å². The molecule has 0 bridgehead atoms. The van der Waals surface area contributed by atoms with Crippen molar-refractivity contribution >= 4 is 29.2 Å². The Morgan fingerprint density at radius 2 is 1.68 bits per heavy atom. The molecule has 0 radical (unpaired) electrons. The zero-order chi connectivity index (χ0) is 18.4. The lowest BCUT2D eigenvalue weighted by Gasteiger charge is -2.19. The van der Waals surface area contributed by atoms with Crippen molar-refractivity contribution in [3.63, 3.8) is 0 Å². The predicted octanol–water partition coefficient (Wildman–Crippen LogP) is 3.44. The summed E-state index contributed by atoms with van der Waals surface area (Å²) in [6.45, 7) is 0. The van der Waals surface area contributed by atoms with Gasteiger partial charge in [-0.15, -0.1) is 0 Å². The number of amides is 1. The van der Waals surface area contributed by atoms with Gasteiger partial charge in [-0.05, 0) is 42.0 Å². The van der Waals surface area contributed by atoms with Crippen LogP contribution in [0.5, 0.6) is 0 Å². The summed E-state index contributed by atoms with van der Waals surface area (Å²) >= 11 is 5.91. The molecule has 132 valence electrons. The third-order valence-electron chi connectivity index (χ3n) is 3.82. The maximum Gasteiger partial charge on any atom is 0.307 e. The average molecular weight is 361 g/mol. The molecule has 25 heavy (non-hydrogen) atoms. The van der Waals surface area contributed by atoms with E-state index in [0.29, 0.717) is 10.6 Å². The molecule has 0 fully saturated rings. The van der Waals surface area contributed by atoms with Crippen LogP contribution in [0.15, 0.2) is 48.5 Å². The third kappa shape index (κ3) is 5.22. The standard InChI is InChI=1S/C19H21ClN2O3/c1-22(2)16-10-6-14(7-11-16)19(24)21-17(12-18(23)25-3)13-4-8-15(20)9-5-13/h4-11,17H,12H2,1-3H3,(H,21,24)/t17-/m0/s1. The van der Waals surface area contributed by atoms with E-state index in [-0.39, 0.29) is 12.3 Å². The Morgan fingerprint density at radius 1 is 1.08 bits per heavy atom. The van der Waals surface area contributed by atoms with Crippen LogP contribution in [0.25, 0.3) is 0 Å². The molecule has 0 aliphatic carbocycles. The van der Waals surface area contributed by atoms with Crippen molar-refractivity contribution in [3.8, 4) is 0 Å². The molecule has 0 unspecified atom stereocenters. The van der Waals surface area contributed by atoms with Gasteiger partial charge in [-0.25, -0.2) is 0 Å². The first-order valence-electron chi connectivity index (χ1n) is 7.81. The number of rotatable bonds is 6. The average Bonchev–Trinajstić information content (AvgIpc) is 2.61. The van der Waals surface area contributed by atoms with Gasteiger partial charge in [0.2, 0.25) is 0 Å². The van der Waals surface area contributed by atoms with E-state index in [1.54, 1.807) is 36.4 Å². The number of halogens is 1. The minimum Gasteiger partial charge on any atom is -0.469 e. The maximum absolute atomic E-state index is 12.5. The number of methoxy groups -OCH3 is 1. The lowest BCUT2D eigenvalue weighted by Crippen LogP contribution is -2.30. The Kier molecular flexibility index (Phi) is 6.42. The van der Waals surface area contributed by atoms with Crippen molar-refractivity contribution in [3.05, 3.63) is 64.7 Å². The van der Waals surface area contributed by atoms with Crippen LogP contribution in [-0.2, 0) is 9.53 Å². The molecule has 6 heteroatoms. The lowest BCUT2D eigenvalue weighted by molar-refractivity contribution is -0.141. The van der Waals surface area contributed by atoms with Gasteiger partial charge in [0.1, 0.15) is 0 Å². The van der Waals surface area contributed by atoms with E-state index in [9.17, 15) is 9.59 Å². The summed E-state index contributed by atoms with van der Waals surface area (Å²) in [6, 6.07) is 13.8. The second kappa shape index (κ2) is 8.53. The summed E-state index contributed by atoms with van der Waals surface area (Å²) in [4.78, 5) is 26.2. The highest BCUT2D eigenvalue weighted by molar-refractivity contribution is 6.30. The van der Waals surface area contributed by atoms with Gasteiger partial charge in [-0.2, -0.15) is 0 Å². The zero-order valence-electron chi connectivity index (χ0n) is 14.5. The van der Waals surface area contributed by atoms with E-state index >= 15 is 0 Å². The Hall–Kier alpha value is -2.53. The normalized spacial score (nSPS) is 11.5. The molecule has 5 nitrogen and oxygen atoms in total. The fourth-order valence-electron chi connectivity index (χ4n) is 2.35. The van der Waals surface area contributed by atoms with Crippen LogP contribution in [0.1, 0.15) is 28.4 Å². The largest absolute Gasteiger partial charge is 0.469 e. The smallest absolute Gasteiger partial charge is 0.307 e. The van der Waals surface area contributed by atoms with Crippen molar-refractivity contribution < 1.29 is 14.3 Å². The van der Waals surface area contributed by atoms with Gasteiger partial charge in [-0.1, -0.05) is 23.7 Å². The Bertz CT molecular complexity index is 727. The van der Waals surface area contributed by atoms with Crippen molar-refractivity contribution in [2.75, 3.05) is 26.1 Å². The van der Waals surface area contributed by atoms with Crippen LogP contribution in [0.4, 0.5) is 5.69 Å². The van der Waals surface area contributed by atoms with Gasteiger partial charge < -0.3 is 15.0 Å². The van der Waals surface area contributed by atoms with Gasteiger partial charge in [0.25, 0.3) is 5.91 Å². The van der Waals surface area contributed by atoms with E-state index in [0.717, 1.165) is 11.3 Å². The first kappa shape index (κ1) is 18.8. The molecule has 0 aliphatic rings. The number of benzene rings is 2. The molecule has 1 atom stereocenters. The van der Waals surface area contributed by atoms with Crippen LogP contribution in [0.2, 0.25) is 5.02 Å². The monoisotopic (exact) mass is 360 g/mol. The second-order valence-electron chi connectivity index (χ2n) is 5.80. The maximum atomic E-state index is 12.5. The topological polar surface area (TPSA) is 58.6 Å². The number of carbonyl (C=O) groups is 2. The minimum atomic E-state index is -0.495. The Balaban J connectivity index is 2.18. The molecule has 2 rings (SSSR count). The SMILES string of the molecule is COC(=O)C[C@H](NC(=O)c1ccc(N(C)C)cc1)c1ccc(Cl)cc1. The summed E-state index contributed by atoms with van der Waals surface area (Å²) in [7, 11) is 5.19. The first-order chi connectivity index (χ1) is 11.9. The number of hydrogen-bond donors (Lipinski definition) is 1. The third-order valence-corrected chi connectivity index (χ3v) is 4.07. The molecule has 0 saturated heterocycles. The van der Waals surface area contributed by atoms with Crippen molar-refractivity contribution in [1.29, 1.82) is 0 Å². The number of nitrogens with one attached hydrogen (secondary N) is 1. The van der Waals surface area contributed by atoms with E-state index in [1.807, 2.05) is 31.1 Å². The van der Waals surface area contributed by atoms with Gasteiger partial charge in [-0.3, -0.25) is 9.59 Å². The van der Waals surface area contributed by atoms with Crippen molar-refractivity contribution in [2.45, 2.75) is 12.5 Å². The van der Waals surface area contributed by atoms with Gasteiger partial charge >= 0.3 is 5.97 Å². The number of anilines is 1. The van der Waals surface area contributed by atoms with Gasteiger partial charge in [0.05, 0.1) is 19.6 Å². The highest BCUT2D eigenvalue weighted by atomic mass is 35.5. The van der Waals surface area contributed by atoms with Crippen LogP contribution < -0.4 is 10.2 Å². The molecule has 2 aromatic carbocycles. The second-order valence-corrected chi connectivity index (χ2v) is 6.24. The predicted molar refractivity (Wildman–Crippen MR) is 99.1 cm³/mol. The zero-order valence-corrected chi connectivity index (χ0v) is 15.2. The Labute approximate surface area is 152 Å². The first-order valence-corrected chi connectivity index (χ1v) is 8.19. The molecule has 0 saturated carbocycles. The molecule has 2 aromatic rings. The number of esters is 1. The lowest BCUT2D eigenvalue weighted by atomic mass is 10.0.